The fourth-order valence-corrected chi connectivity index (χ4v) is 3.88. The Morgan fingerprint density at radius 2 is 1.85 bits per heavy atom. The number of carbonyl (C=O) groups excluding carboxylic acids is 1. The molecule has 1 aliphatic heterocycles. The standard InChI is InChI=1S/C19H36N4O2.HI/c1-3-20-18(21-13-7-6-10-16-8-4-5-9-16)22-17-11-14-23(15-12-17)19(24)25-2;/h16-17H,3-15H2,1-2H3,(H2,20,21,22);1H. The molecule has 0 unspecified atom stereocenters. The number of rotatable bonds is 7. The molecule has 0 aromatic rings. The quantitative estimate of drug-likeness (QED) is 0.252. The van der Waals surface area contributed by atoms with E-state index in [1.165, 1.54) is 52.1 Å². The Balaban J connectivity index is 0.00000338. The normalized spacial score (nSPS) is 19.2. The van der Waals surface area contributed by atoms with Gasteiger partial charge in [-0.05, 0) is 32.1 Å². The van der Waals surface area contributed by atoms with Gasteiger partial charge in [0, 0.05) is 32.2 Å². The first-order valence-corrected chi connectivity index (χ1v) is 10.1. The van der Waals surface area contributed by atoms with E-state index in [0.29, 0.717) is 6.04 Å². The van der Waals surface area contributed by atoms with Crippen LogP contribution in [0.25, 0.3) is 0 Å². The third-order valence-electron chi connectivity index (χ3n) is 5.38. The number of carbonyl (C=O) groups is 1. The van der Waals surface area contributed by atoms with E-state index < -0.39 is 0 Å². The maximum atomic E-state index is 11.5. The molecule has 2 fully saturated rings. The van der Waals surface area contributed by atoms with Gasteiger partial charge in [0.05, 0.1) is 7.11 Å². The van der Waals surface area contributed by atoms with E-state index in [-0.39, 0.29) is 30.1 Å². The highest BCUT2D eigenvalue weighted by Crippen LogP contribution is 2.28. The van der Waals surface area contributed by atoms with Crippen molar-refractivity contribution in [3.8, 4) is 0 Å². The number of amides is 1. The average molecular weight is 480 g/mol. The molecule has 1 aliphatic carbocycles. The van der Waals surface area contributed by atoms with Gasteiger partial charge in [-0.3, -0.25) is 4.99 Å². The lowest BCUT2D eigenvalue weighted by Crippen LogP contribution is -2.49. The number of unbranched alkanes of at least 4 members (excludes halogenated alkanes) is 1. The van der Waals surface area contributed by atoms with Gasteiger partial charge >= 0.3 is 6.09 Å². The largest absolute Gasteiger partial charge is 0.453 e. The molecule has 2 N–H and O–H groups in total. The van der Waals surface area contributed by atoms with Gasteiger partial charge in [-0.25, -0.2) is 4.79 Å². The molecule has 0 spiro atoms. The van der Waals surface area contributed by atoms with Crippen LogP contribution in [-0.2, 0) is 4.74 Å². The van der Waals surface area contributed by atoms with E-state index in [1.54, 1.807) is 4.90 Å². The van der Waals surface area contributed by atoms with E-state index in [2.05, 4.69) is 17.6 Å². The highest BCUT2D eigenvalue weighted by atomic mass is 127. The molecule has 0 bridgehead atoms. The lowest BCUT2D eigenvalue weighted by molar-refractivity contribution is 0.111. The van der Waals surface area contributed by atoms with E-state index >= 15 is 0 Å². The maximum absolute atomic E-state index is 11.5. The van der Waals surface area contributed by atoms with Gasteiger partial charge in [0.1, 0.15) is 0 Å². The summed E-state index contributed by atoms with van der Waals surface area (Å²) in [6, 6.07) is 0.372. The van der Waals surface area contributed by atoms with Crippen LogP contribution in [0.4, 0.5) is 4.79 Å². The number of likely N-dealkylation sites (tertiary alicyclic amines) is 1. The van der Waals surface area contributed by atoms with Crippen molar-refractivity contribution in [2.45, 2.75) is 70.8 Å². The Labute approximate surface area is 175 Å². The number of hydrogen-bond acceptors (Lipinski definition) is 3. The number of methoxy groups -OCH3 is 1. The maximum Gasteiger partial charge on any atom is 0.409 e. The lowest BCUT2D eigenvalue weighted by atomic mass is 10.0. The molecule has 1 saturated heterocycles. The summed E-state index contributed by atoms with van der Waals surface area (Å²) < 4.78 is 4.79. The van der Waals surface area contributed by atoms with Crippen molar-refractivity contribution in [2.75, 3.05) is 33.3 Å². The van der Waals surface area contributed by atoms with Gasteiger partial charge in [-0.15, -0.1) is 24.0 Å². The van der Waals surface area contributed by atoms with Gasteiger partial charge in [-0.1, -0.05) is 38.5 Å². The van der Waals surface area contributed by atoms with Crippen LogP contribution in [0, 0.1) is 5.92 Å². The molecule has 152 valence electrons. The van der Waals surface area contributed by atoms with Crippen molar-refractivity contribution in [1.82, 2.24) is 15.5 Å². The summed E-state index contributed by atoms with van der Waals surface area (Å²) >= 11 is 0. The lowest BCUT2D eigenvalue weighted by Gasteiger charge is -2.32. The number of guanidine groups is 1. The minimum absolute atomic E-state index is 0. The summed E-state index contributed by atoms with van der Waals surface area (Å²) in [7, 11) is 1.44. The van der Waals surface area contributed by atoms with Crippen LogP contribution >= 0.6 is 24.0 Å². The molecule has 7 heteroatoms. The first kappa shape index (κ1) is 23.3. The third kappa shape index (κ3) is 8.31. The first-order valence-electron chi connectivity index (χ1n) is 10.1. The molecule has 0 radical (unpaired) electrons. The van der Waals surface area contributed by atoms with E-state index in [1.807, 2.05) is 0 Å². The minimum atomic E-state index is -0.221. The SMILES string of the molecule is CCNC(=NCCCCC1CCCC1)NC1CCN(C(=O)OC)CC1.I. The molecule has 0 aromatic carbocycles. The summed E-state index contributed by atoms with van der Waals surface area (Å²) in [5.74, 6) is 1.90. The second-order valence-electron chi connectivity index (χ2n) is 7.28. The zero-order valence-electron chi connectivity index (χ0n) is 16.5. The smallest absolute Gasteiger partial charge is 0.409 e. The molecule has 2 aliphatic rings. The zero-order valence-corrected chi connectivity index (χ0v) is 18.8. The Morgan fingerprint density at radius 1 is 1.15 bits per heavy atom. The van der Waals surface area contributed by atoms with Crippen molar-refractivity contribution in [2.24, 2.45) is 10.9 Å². The number of nitrogens with zero attached hydrogens (tertiary/aromatic N) is 2. The summed E-state index contributed by atoms with van der Waals surface area (Å²) in [5.41, 5.74) is 0. The Morgan fingerprint density at radius 3 is 2.46 bits per heavy atom. The number of ether oxygens (including phenoxy) is 1. The Hall–Kier alpha value is -0.730. The minimum Gasteiger partial charge on any atom is -0.453 e. The predicted octanol–water partition coefficient (Wildman–Crippen LogP) is 3.75. The zero-order chi connectivity index (χ0) is 17.9. The number of nitrogens with one attached hydrogen (secondary N) is 2. The van der Waals surface area contributed by atoms with Gasteiger partial charge < -0.3 is 20.3 Å². The highest BCUT2D eigenvalue weighted by Gasteiger charge is 2.23. The average Bonchev–Trinajstić information content (AvgIpc) is 3.15. The molecule has 6 nitrogen and oxygen atoms in total. The molecule has 26 heavy (non-hydrogen) atoms. The summed E-state index contributed by atoms with van der Waals surface area (Å²) in [4.78, 5) is 18.0. The molecular weight excluding hydrogens is 443 g/mol. The molecule has 0 aromatic heterocycles. The van der Waals surface area contributed by atoms with Crippen molar-refractivity contribution in [1.29, 1.82) is 0 Å². The summed E-state index contributed by atoms with van der Waals surface area (Å²) in [6.45, 7) is 5.34. The van der Waals surface area contributed by atoms with Crippen molar-refractivity contribution >= 4 is 36.0 Å². The van der Waals surface area contributed by atoms with Crippen LogP contribution in [0.15, 0.2) is 4.99 Å². The molecule has 1 amide bonds. The highest BCUT2D eigenvalue weighted by molar-refractivity contribution is 14.0. The second kappa shape index (κ2) is 13.4. The Kier molecular flexibility index (Phi) is 12.0. The van der Waals surface area contributed by atoms with Crippen LogP contribution in [-0.4, -0.2) is 56.3 Å². The third-order valence-corrected chi connectivity index (χ3v) is 5.38. The van der Waals surface area contributed by atoms with Crippen LogP contribution in [0.5, 0.6) is 0 Å². The van der Waals surface area contributed by atoms with Crippen LogP contribution < -0.4 is 10.6 Å². The van der Waals surface area contributed by atoms with Gasteiger partial charge in [0.15, 0.2) is 5.96 Å². The second-order valence-corrected chi connectivity index (χ2v) is 7.28. The van der Waals surface area contributed by atoms with Gasteiger partial charge in [0.2, 0.25) is 0 Å². The number of hydrogen-bond donors (Lipinski definition) is 2. The van der Waals surface area contributed by atoms with Crippen molar-refractivity contribution in [3.05, 3.63) is 0 Å². The summed E-state index contributed by atoms with van der Waals surface area (Å²) in [6.07, 6.45) is 11.3. The van der Waals surface area contributed by atoms with E-state index in [4.69, 9.17) is 9.73 Å². The fourth-order valence-electron chi connectivity index (χ4n) is 3.88. The van der Waals surface area contributed by atoms with Gasteiger partial charge in [0.25, 0.3) is 0 Å². The number of piperidine rings is 1. The molecule has 1 heterocycles. The first-order chi connectivity index (χ1) is 12.2. The summed E-state index contributed by atoms with van der Waals surface area (Å²) in [5, 5.41) is 6.87. The molecular formula is C19H37IN4O2. The van der Waals surface area contributed by atoms with Gasteiger partial charge in [-0.2, -0.15) is 0 Å². The topological polar surface area (TPSA) is 66.0 Å². The van der Waals surface area contributed by atoms with Crippen molar-refractivity contribution < 1.29 is 9.53 Å². The number of halogens is 1. The van der Waals surface area contributed by atoms with E-state index in [0.717, 1.165) is 50.9 Å². The Bertz CT molecular complexity index is 420. The van der Waals surface area contributed by atoms with E-state index in [9.17, 15) is 4.79 Å². The van der Waals surface area contributed by atoms with Crippen LogP contribution in [0.2, 0.25) is 0 Å². The molecule has 1 saturated carbocycles. The van der Waals surface area contributed by atoms with Crippen molar-refractivity contribution in [3.63, 3.8) is 0 Å². The molecule has 2 rings (SSSR count). The predicted molar refractivity (Wildman–Crippen MR) is 117 cm³/mol. The number of aliphatic imine (C=N–C) groups is 1. The van der Waals surface area contributed by atoms with Crippen LogP contribution in [0.1, 0.15) is 64.7 Å². The molecule has 0 atom stereocenters. The van der Waals surface area contributed by atoms with Crippen LogP contribution in [0.3, 0.4) is 0 Å². The fraction of sp³-hybridized carbons (Fsp3) is 0.895. The monoisotopic (exact) mass is 480 g/mol.